The average Bonchev–Trinajstić information content (AvgIpc) is 3.15. The van der Waals surface area contributed by atoms with Crippen LogP contribution in [-0.2, 0) is 4.79 Å². The molecule has 4 heteroatoms. The SMILES string of the molecule is CSc1ccc(C2NCC(=O)N2CC2CC2)cc1. The van der Waals surface area contributed by atoms with Gasteiger partial charge in [0.2, 0.25) is 5.91 Å². The molecule has 1 aliphatic carbocycles. The molecule has 3 nitrogen and oxygen atoms in total. The first-order valence-corrected chi connectivity index (χ1v) is 7.67. The van der Waals surface area contributed by atoms with Crippen LogP contribution in [0.1, 0.15) is 24.6 Å². The second-order valence-electron chi connectivity index (χ2n) is 5.05. The highest BCUT2D eigenvalue weighted by molar-refractivity contribution is 7.98. The molecule has 96 valence electrons. The molecule has 1 heterocycles. The molecule has 1 atom stereocenters. The van der Waals surface area contributed by atoms with Crippen molar-refractivity contribution in [3.8, 4) is 0 Å². The molecule has 1 aliphatic heterocycles. The van der Waals surface area contributed by atoms with Gasteiger partial charge in [-0.3, -0.25) is 10.1 Å². The number of amides is 1. The minimum Gasteiger partial charge on any atom is -0.322 e. The average molecular weight is 262 g/mol. The Hall–Kier alpha value is -1.00. The predicted molar refractivity (Wildman–Crippen MR) is 73.4 cm³/mol. The lowest BCUT2D eigenvalue weighted by Crippen LogP contribution is -2.32. The fraction of sp³-hybridized carbons (Fsp3) is 0.500. The van der Waals surface area contributed by atoms with Gasteiger partial charge in [0.25, 0.3) is 0 Å². The molecule has 0 aromatic heterocycles. The van der Waals surface area contributed by atoms with Crippen LogP contribution in [0.4, 0.5) is 0 Å². The Balaban J connectivity index is 1.77. The molecule has 1 aromatic carbocycles. The van der Waals surface area contributed by atoms with Gasteiger partial charge < -0.3 is 4.90 Å². The van der Waals surface area contributed by atoms with Crippen LogP contribution in [0.5, 0.6) is 0 Å². The van der Waals surface area contributed by atoms with Crippen molar-refractivity contribution in [1.29, 1.82) is 0 Å². The topological polar surface area (TPSA) is 32.3 Å². The lowest BCUT2D eigenvalue weighted by atomic mass is 10.1. The molecule has 1 saturated carbocycles. The summed E-state index contributed by atoms with van der Waals surface area (Å²) in [5.41, 5.74) is 1.19. The summed E-state index contributed by atoms with van der Waals surface area (Å²) in [6.45, 7) is 1.39. The first-order valence-electron chi connectivity index (χ1n) is 6.45. The van der Waals surface area contributed by atoms with Gasteiger partial charge in [0.15, 0.2) is 0 Å². The van der Waals surface area contributed by atoms with Crippen LogP contribution in [0, 0.1) is 5.92 Å². The molecule has 1 unspecified atom stereocenters. The molecule has 1 amide bonds. The highest BCUT2D eigenvalue weighted by atomic mass is 32.2. The van der Waals surface area contributed by atoms with E-state index in [2.05, 4.69) is 35.8 Å². The van der Waals surface area contributed by atoms with Crippen LogP contribution < -0.4 is 5.32 Å². The molecule has 1 saturated heterocycles. The number of hydrogen-bond donors (Lipinski definition) is 1. The quantitative estimate of drug-likeness (QED) is 0.845. The van der Waals surface area contributed by atoms with Gasteiger partial charge >= 0.3 is 0 Å². The van der Waals surface area contributed by atoms with Gasteiger partial charge in [0.1, 0.15) is 6.17 Å². The number of carbonyl (C=O) groups excluding carboxylic acids is 1. The van der Waals surface area contributed by atoms with E-state index in [0.29, 0.717) is 6.54 Å². The second kappa shape index (κ2) is 4.94. The monoisotopic (exact) mass is 262 g/mol. The zero-order valence-corrected chi connectivity index (χ0v) is 11.4. The molecule has 0 radical (unpaired) electrons. The van der Waals surface area contributed by atoms with Crippen LogP contribution in [0.2, 0.25) is 0 Å². The van der Waals surface area contributed by atoms with E-state index >= 15 is 0 Å². The predicted octanol–water partition coefficient (Wildman–Crippen LogP) is 2.25. The molecular weight excluding hydrogens is 244 g/mol. The first kappa shape index (κ1) is 12.1. The molecule has 3 rings (SSSR count). The Morgan fingerprint density at radius 2 is 2.06 bits per heavy atom. The molecule has 0 spiro atoms. The molecule has 2 fully saturated rings. The zero-order valence-electron chi connectivity index (χ0n) is 10.6. The van der Waals surface area contributed by atoms with Crippen LogP contribution in [0.15, 0.2) is 29.2 Å². The first-order chi connectivity index (χ1) is 8.78. The summed E-state index contributed by atoms with van der Waals surface area (Å²) in [4.78, 5) is 15.2. The molecule has 18 heavy (non-hydrogen) atoms. The summed E-state index contributed by atoms with van der Waals surface area (Å²) in [7, 11) is 0. The Bertz CT molecular complexity index is 442. The number of carbonyl (C=O) groups is 1. The maximum atomic E-state index is 11.9. The van der Waals surface area contributed by atoms with Crippen LogP contribution in [0.3, 0.4) is 0 Å². The van der Waals surface area contributed by atoms with E-state index in [1.165, 1.54) is 23.3 Å². The summed E-state index contributed by atoms with van der Waals surface area (Å²) >= 11 is 1.74. The third-order valence-corrected chi connectivity index (χ3v) is 4.41. The van der Waals surface area contributed by atoms with Crippen molar-refractivity contribution in [2.24, 2.45) is 5.92 Å². The fourth-order valence-electron chi connectivity index (χ4n) is 2.41. The highest BCUT2D eigenvalue weighted by Gasteiger charge is 2.35. The molecule has 1 N–H and O–H groups in total. The Kier molecular flexibility index (Phi) is 3.31. The standard InChI is InChI=1S/C14H18N2OS/c1-18-12-6-4-11(5-7-12)14-15-8-13(17)16(14)9-10-2-3-10/h4-7,10,14-15H,2-3,8-9H2,1H3. The summed E-state index contributed by atoms with van der Waals surface area (Å²) in [6.07, 6.45) is 4.71. The van der Waals surface area contributed by atoms with Gasteiger partial charge in [-0.1, -0.05) is 12.1 Å². The van der Waals surface area contributed by atoms with Gasteiger partial charge in [-0.25, -0.2) is 0 Å². The van der Waals surface area contributed by atoms with E-state index in [1.807, 2.05) is 4.90 Å². The summed E-state index contributed by atoms with van der Waals surface area (Å²) in [5, 5.41) is 3.31. The number of nitrogens with zero attached hydrogens (tertiary/aromatic N) is 1. The van der Waals surface area contributed by atoms with Crippen LogP contribution in [-0.4, -0.2) is 30.2 Å². The van der Waals surface area contributed by atoms with Crippen LogP contribution in [0.25, 0.3) is 0 Å². The van der Waals surface area contributed by atoms with Crippen molar-refractivity contribution in [1.82, 2.24) is 10.2 Å². The van der Waals surface area contributed by atoms with Crippen molar-refractivity contribution in [2.45, 2.75) is 23.9 Å². The fourth-order valence-corrected chi connectivity index (χ4v) is 2.82. The lowest BCUT2D eigenvalue weighted by molar-refractivity contribution is -0.128. The highest BCUT2D eigenvalue weighted by Crippen LogP contribution is 2.33. The molecule has 1 aromatic rings. The van der Waals surface area contributed by atoms with Gasteiger partial charge in [-0.2, -0.15) is 0 Å². The minimum atomic E-state index is 0.0778. The van der Waals surface area contributed by atoms with Crippen molar-refractivity contribution >= 4 is 17.7 Å². The largest absolute Gasteiger partial charge is 0.322 e. The molecule has 0 bridgehead atoms. The summed E-state index contributed by atoms with van der Waals surface area (Å²) < 4.78 is 0. The van der Waals surface area contributed by atoms with E-state index in [9.17, 15) is 4.79 Å². The minimum absolute atomic E-state index is 0.0778. The third kappa shape index (κ3) is 2.40. The number of rotatable bonds is 4. The number of benzene rings is 1. The van der Waals surface area contributed by atoms with Crippen LogP contribution >= 0.6 is 11.8 Å². The van der Waals surface area contributed by atoms with Gasteiger partial charge in [-0.15, -0.1) is 11.8 Å². The van der Waals surface area contributed by atoms with E-state index in [0.717, 1.165) is 12.5 Å². The van der Waals surface area contributed by atoms with E-state index in [1.54, 1.807) is 11.8 Å². The Morgan fingerprint density at radius 3 is 2.67 bits per heavy atom. The zero-order chi connectivity index (χ0) is 12.5. The van der Waals surface area contributed by atoms with Gasteiger partial charge in [0, 0.05) is 11.4 Å². The number of nitrogens with one attached hydrogen (secondary N) is 1. The lowest BCUT2D eigenvalue weighted by Gasteiger charge is -2.24. The second-order valence-corrected chi connectivity index (χ2v) is 5.93. The Morgan fingerprint density at radius 1 is 1.33 bits per heavy atom. The third-order valence-electron chi connectivity index (χ3n) is 3.66. The van der Waals surface area contributed by atoms with Crippen molar-refractivity contribution in [3.63, 3.8) is 0 Å². The van der Waals surface area contributed by atoms with Gasteiger partial charge in [-0.05, 0) is 42.7 Å². The van der Waals surface area contributed by atoms with E-state index in [-0.39, 0.29) is 12.1 Å². The maximum absolute atomic E-state index is 11.9. The maximum Gasteiger partial charge on any atom is 0.238 e. The normalized spacial score (nSPS) is 23.7. The smallest absolute Gasteiger partial charge is 0.238 e. The van der Waals surface area contributed by atoms with Crippen molar-refractivity contribution < 1.29 is 4.79 Å². The summed E-state index contributed by atoms with van der Waals surface area (Å²) in [6, 6.07) is 8.50. The molecular formula is C14H18N2OS. The van der Waals surface area contributed by atoms with Gasteiger partial charge in [0.05, 0.1) is 6.54 Å². The van der Waals surface area contributed by atoms with Crippen molar-refractivity contribution in [2.75, 3.05) is 19.3 Å². The number of hydrogen-bond acceptors (Lipinski definition) is 3. The molecule has 2 aliphatic rings. The summed E-state index contributed by atoms with van der Waals surface area (Å²) in [5.74, 6) is 0.975. The van der Waals surface area contributed by atoms with E-state index < -0.39 is 0 Å². The number of thioether (sulfide) groups is 1. The van der Waals surface area contributed by atoms with E-state index in [4.69, 9.17) is 0 Å². The van der Waals surface area contributed by atoms with Crippen molar-refractivity contribution in [3.05, 3.63) is 29.8 Å². The Labute approximate surface area is 112 Å².